The lowest BCUT2D eigenvalue weighted by Crippen LogP contribution is -2.20. The van der Waals surface area contributed by atoms with Crippen LogP contribution in [-0.4, -0.2) is 9.55 Å². The Morgan fingerprint density at radius 1 is 1.30 bits per heavy atom. The van der Waals surface area contributed by atoms with Crippen LogP contribution in [0.4, 0.5) is 8.78 Å². The molecule has 3 rings (SSSR count). The number of nitrogens with one attached hydrogen (secondary N) is 1. The van der Waals surface area contributed by atoms with Crippen LogP contribution in [0.3, 0.4) is 0 Å². The van der Waals surface area contributed by atoms with Crippen molar-refractivity contribution in [2.75, 3.05) is 0 Å². The SMILES string of the molecule is O=c1c2sccc2[nH]c(=S)n1-c1cc(F)c(Br)cc1F. The molecule has 0 spiro atoms. The van der Waals surface area contributed by atoms with Gasteiger partial charge in [0.15, 0.2) is 4.77 Å². The Morgan fingerprint density at radius 2 is 2.05 bits per heavy atom. The highest BCUT2D eigenvalue weighted by Gasteiger charge is 2.15. The molecule has 0 radical (unpaired) electrons. The van der Waals surface area contributed by atoms with E-state index in [0.29, 0.717) is 10.2 Å². The van der Waals surface area contributed by atoms with Crippen molar-refractivity contribution in [2.24, 2.45) is 0 Å². The molecular weight excluding hydrogens is 370 g/mol. The van der Waals surface area contributed by atoms with Crippen molar-refractivity contribution in [3.8, 4) is 5.69 Å². The van der Waals surface area contributed by atoms with Crippen LogP contribution in [0.5, 0.6) is 0 Å². The van der Waals surface area contributed by atoms with Gasteiger partial charge in [0.1, 0.15) is 16.3 Å². The van der Waals surface area contributed by atoms with E-state index >= 15 is 0 Å². The molecule has 0 saturated carbocycles. The number of fused-ring (bicyclic) bond motifs is 1. The van der Waals surface area contributed by atoms with E-state index in [1.165, 1.54) is 11.3 Å². The van der Waals surface area contributed by atoms with Gasteiger partial charge in [0, 0.05) is 6.07 Å². The van der Waals surface area contributed by atoms with Gasteiger partial charge < -0.3 is 4.98 Å². The lowest BCUT2D eigenvalue weighted by atomic mass is 10.3. The summed E-state index contributed by atoms with van der Waals surface area (Å²) in [5.41, 5.74) is -0.106. The molecule has 1 N–H and O–H groups in total. The van der Waals surface area contributed by atoms with Crippen LogP contribution in [-0.2, 0) is 0 Å². The fourth-order valence-electron chi connectivity index (χ4n) is 1.84. The van der Waals surface area contributed by atoms with Gasteiger partial charge in [-0.25, -0.2) is 13.3 Å². The summed E-state index contributed by atoms with van der Waals surface area (Å²) in [5, 5.41) is 1.72. The second kappa shape index (κ2) is 4.87. The smallest absolute Gasteiger partial charge is 0.276 e. The zero-order valence-corrected chi connectivity index (χ0v) is 12.8. The standard InChI is InChI=1S/C12H5BrF2N2OS2/c13-5-3-7(15)9(4-6(5)14)17-11(18)10-8(1-2-20-10)16-12(17)19/h1-4H,(H,16,19). The summed E-state index contributed by atoms with van der Waals surface area (Å²) in [6.07, 6.45) is 0. The molecule has 0 saturated heterocycles. The maximum Gasteiger partial charge on any atom is 0.276 e. The van der Waals surface area contributed by atoms with E-state index in [2.05, 4.69) is 20.9 Å². The summed E-state index contributed by atoms with van der Waals surface area (Å²) in [7, 11) is 0. The molecule has 20 heavy (non-hydrogen) atoms. The Bertz CT molecular complexity index is 945. The molecule has 0 atom stereocenters. The molecule has 0 aliphatic carbocycles. The molecule has 3 aromatic rings. The normalized spacial score (nSPS) is 11.2. The van der Waals surface area contributed by atoms with E-state index in [4.69, 9.17) is 12.2 Å². The first-order valence-corrected chi connectivity index (χ1v) is 7.44. The minimum Gasteiger partial charge on any atom is -0.331 e. The number of nitrogens with zero attached hydrogens (tertiary/aromatic N) is 1. The molecule has 2 aromatic heterocycles. The summed E-state index contributed by atoms with van der Waals surface area (Å²) < 4.78 is 28.9. The largest absolute Gasteiger partial charge is 0.331 e. The fraction of sp³-hybridized carbons (Fsp3) is 0. The second-order valence-electron chi connectivity index (χ2n) is 3.95. The molecule has 0 aliphatic heterocycles. The maximum atomic E-state index is 14.0. The number of hydrogen-bond acceptors (Lipinski definition) is 3. The van der Waals surface area contributed by atoms with Crippen LogP contribution >= 0.6 is 39.5 Å². The monoisotopic (exact) mass is 374 g/mol. The number of H-pyrrole nitrogens is 1. The predicted molar refractivity (Wildman–Crippen MR) is 80.2 cm³/mol. The van der Waals surface area contributed by atoms with Crippen molar-refractivity contribution in [3.05, 3.63) is 54.8 Å². The summed E-state index contributed by atoms with van der Waals surface area (Å²) in [4.78, 5) is 15.2. The van der Waals surface area contributed by atoms with Crippen molar-refractivity contribution < 1.29 is 8.78 Å². The molecule has 2 heterocycles. The molecule has 102 valence electrons. The van der Waals surface area contributed by atoms with E-state index in [9.17, 15) is 13.6 Å². The highest BCUT2D eigenvalue weighted by Crippen LogP contribution is 2.23. The molecule has 0 aliphatic rings. The number of rotatable bonds is 1. The average molecular weight is 375 g/mol. The maximum absolute atomic E-state index is 14.0. The number of benzene rings is 1. The van der Waals surface area contributed by atoms with E-state index in [-0.39, 0.29) is 14.9 Å². The first-order chi connectivity index (χ1) is 9.49. The van der Waals surface area contributed by atoms with Crippen LogP contribution in [0.2, 0.25) is 0 Å². The molecule has 0 amide bonds. The predicted octanol–water partition coefficient (Wildman–Crippen LogP) is 4.15. The van der Waals surface area contributed by atoms with E-state index in [0.717, 1.165) is 16.7 Å². The minimum atomic E-state index is -0.740. The van der Waals surface area contributed by atoms with Gasteiger partial charge in [0.25, 0.3) is 5.56 Å². The number of aromatic nitrogens is 2. The molecule has 0 fully saturated rings. The second-order valence-corrected chi connectivity index (χ2v) is 6.11. The van der Waals surface area contributed by atoms with Crippen LogP contribution in [0.1, 0.15) is 0 Å². The lowest BCUT2D eigenvalue weighted by Gasteiger charge is -2.08. The summed E-state index contributed by atoms with van der Waals surface area (Å²) in [6, 6.07) is 3.61. The highest BCUT2D eigenvalue weighted by molar-refractivity contribution is 9.10. The van der Waals surface area contributed by atoms with Gasteiger partial charge >= 0.3 is 0 Å². The average Bonchev–Trinajstić information content (AvgIpc) is 2.83. The van der Waals surface area contributed by atoms with Gasteiger partial charge in [0.05, 0.1) is 15.7 Å². The van der Waals surface area contributed by atoms with Crippen molar-refractivity contribution >= 4 is 49.7 Å². The van der Waals surface area contributed by atoms with Crippen LogP contribution in [0.15, 0.2) is 32.8 Å². The van der Waals surface area contributed by atoms with Gasteiger partial charge in [-0.15, -0.1) is 11.3 Å². The highest BCUT2D eigenvalue weighted by atomic mass is 79.9. The number of halogens is 3. The van der Waals surface area contributed by atoms with Gasteiger partial charge in [-0.1, -0.05) is 0 Å². The van der Waals surface area contributed by atoms with Crippen molar-refractivity contribution in [1.82, 2.24) is 9.55 Å². The minimum absolute atomic E-state index is 0.0149. The zero-order valence-electron chi connectivity index (χ0n) is 9.62. The van der Waals surface area contributed by atoms with Gasteiger partial charge in [-0.2, -0.15) is 0 Å². The number of hydrogen-bond donors (Lipinski definition) is 1. The summed E-state index contributed by atoms with van der Waals surface area (Å²) in [6.45, 7) is 0. The molecule has 8 heteroatoms. The Kier molecular flexibility index (Phi) is 3.31. The topological polar surface area (TPSA) is 37.8 Å². The summed E-state index contributed by atoms with van der Waals surface area (Å²) >= 11 is 9.16. The van der Waals surface area contributed by atoms with E-state index < -0.39 is 17.2 Å². The third-order valence-electron chi connectivity index (χ3n) is 2.74. The van der Waals surface area contributed by atoms with Crippen LogP contribution < -0.4 is 5.56 Å². The van der Waals surface area contributed by atoms with Gasteiger partial charge in [-0.3, -0.25) is 4.79 Å². The molecule has 1 aromatic carbocycles. The Hall–Kier alpha value is -1.38. The third kappa shape index (κ3) is 2.04. The molecule has 0 unspecified atom stereocenters. The first-order valence-electron chi connectivity index (χ1n) is 5.36. The van der Waals surface area contributed by atoms with Crippen LogP contribution in [0.25, 0.3) is 15.9 Å². The van der Waals surface area contributed by atoms with E-state index in [1.54, 1.807) is 11.4 Å². The zero-order chi connectivity index (χ0) is 14.4. The van der Waals surface area contributed by atoms with Gasteiger partial charge in [0.2, 0.25) is 0 Å². The Morgan fingerprint density at radius 3 is 2.80 bits per heavy atom. The number of thiophene rings is 1. The Balaban J connectivity index is 2.44. The molecule has 0 bridgehead atoms. The van der Waals surface area contributed by atoms with Crippen molar-refractivity contribution in [3.63, 3.8) is 0 Å². The van der Waals surface area contributed by atoms with E-state index in [1.807, 2.05) is 0 Å². The molecular formula is C12H5BrF2N2OS2. The first kappa shape index (κ1) is 13.6. The summed E-state index contributed by atoms with van der Waals surface area (Å²) in [5.74, 6) is -1.41. The molecule has 3 nitrogen and oxygen atoms in total. The Labute approximate surface area is 128 Å². The van der Waals surface area contributed by atoms with Crippen molar-refractivity contribution in [2.45, 2.75) is 0 Å². The third-order valence-corrected chi connectivity index (χ3v) is 4.53. The quantitative estimate of drug-likeness (QED) is 0.513. The van der Waals surface area contributed by atoms with Crippen LogP contribution in [0, 0.1) is 16.4 Å². The van der Waals surface area contributed by atoms with Crippen molar-refractivity contribution in [1.29, 1.82) is 0 Å². The lowest BCUT2D eigenvalue weighted by molar-refractivity contribution is 0.585. The number of aromatic amines is 1. The fourth-order valence-corrected chi connectivity index (χ4v) is 3.23. The van der Waals surface area contributed by atoms with Gasteiger partial charge in [-0.05, 0) is 45.7 Å².